The zero-order valence-electron chi connectivity index (χ0n) is 24.0. The van der Waals surface area contributed by atoms with Crippen LogP contribution in [0.15, 0.2) is 41.6 Å². The van der Waals surface area contributed by atoms with Crippen LogP contribution in [0.4, 0.5) is 0 Å². The second-order valence-corrected chi connectivity index (χ2v) is 12.3. The molecular weight excluding hydrogens is 583 g/mol. The van der Waals surface area contributed by atoms with Crippen LogP contribution in [0.5, 0.6) is 0 Å². The Morgan fingerprint density at radius 2 is 1.83 bits per heavy atom. The van der Waals surface area contributed by atoms with Crippen LogP contribution in [0.2, 0.25) is 15.1 Å². The lowest BCUT2D eigenvalue weighted by molar-refractivity contribution is -0.136. The molecule has 41 heavy (non-hydrogen) atoms. The average molecular weight is 622 g/mol. The second kappa shape index (κ2) is 14.7. The zero-order valence-corrected chi connectivity index (χ0v) is 26.3. The van der Waals surface area contributed by atoms with Gasteiger partial charge < -0.3 is 19.5 Å². The van der Waals surface area contributed by atoms with Crippen LogP contribution >= 0.6 is 34.8 Å². The van der Waals surface area contributed by atoms with Gasteiger partial charge in [-0.15, -0.1) is 0 Å². The Labute approximate surface area is 258 Å². The molecule has 2 aromatic carbocycles. The van der Waals surface area contributed by atoms with Crippen molar-refractivity contribution in [1.29, 1.82) is 0 Å². The maximum atomic E-state index is 13.3. The summed E-state index contributed by atoms with van der Waals surface area (Å²) in [4.78, 5) is 37.2. The number of hydrogen-bond donors (Lipinski definition) is 0. The molecule has 2 fully saturated rings. The van der Waals surface area contributed by atoms with E-state index < -0.39 is 0 Å². The van der Waals surface area contributed by atoms with Gasteiger partial charge in [-0.25, -0.2) is 0 Å². The second-order valence-electron chi connectivity index (χ2n) is 11.1. The lowest BCUT2D eigenvalue weighted by Crippen LogP contribution is -2.49. The van der Waals surface area contributed by atoms with Gasteiger partial charge in [-0.1, -0.05) is 46.0 Å². The van der Waals surface area contributed by atoms with Gasteiger partial charge in [0.05, 0.1) is 22.3 Å². The number of rotatable bonds is 10. The van der Waals surface area contributed by atoms with Crippen molar-refractivity contribution in [3.63, 3.8) is 0 Å². The van der Waals surface area contributed by atoms with Crippen molar-refractivity contribution in [3.8, 4) is 0 Å². The summed E-state index contributed by atoms with van der Waals surface area (Å²) in [5, 5.41) is 5.88. The quantitative estimate of drug-likeness (QED) is 0.219. The summed E-state index contributed by atoms with van der Waals surface area (Å²) < 4.78 is 0. The summed E-state index contributed by atoms with van der Waals surface area (Å²) in [5.74, 6) is 0.00508. The smallest absolute Gasteiger partial charge is 0.253 e. The Balaban J connectivity index is 1.48. The molecule has 222 valence electrons. The molecular formula is C31H39Cl3N4O3. The normalized spacial score (nSPS) is 18.0. The van der Waals surface area contributed by atoms with Crippen molar-refractivity contribution in [2.24, 2.45) is 5.16 Å². The van der Waals surface area contributed by atoms with E-state index in [0.717, 1.165) is 69.4 Å². The van der Waals surface area contributed by atoms with Crippen molar-refractivity contribution >= 4 is 52.3 Å². The van der Waals surface area contributed by atoms with E-state index in [1.807, 2.05) is 31.2 Å². The van der Waals surface area contributed by atoms with Gasteiger partial charge in [0.15, 0.2) is 0 Å². The number of aryl methyl sites for hydroxylation is 1. The van der Waals surface area contributed by atoms with Gasteiger partial charge in [-0.2, -0.15) is 0 Å². The molecule has 2 aliphatic rings. The standard InChI is InChI=1S/C31H39Cl3N4O3/c1-21-16-23(18-24(32)17-21)31(40)36(2)20-29(35-41-3)26(22-7-8-27(33)28(34)19-22)11-15-37-13-9-25(10-14-37)38-12-5-4-6-30(38)39/h7-8,16-19,25-26H,4-6,9-15,20H2,1-3H3/b35-29+. The predicted octanol–water partition coefficient (Wildman–Crippen LogP) is 6.68. The molecule has 0 N–H and O–H groups in total. The Kier molecular flexibility index (Phi) is 11.4. The summed E-state index contributed by atoms with van der Waals surface area (Å²) in [7, 11) is 3.27. The molecule has 0 spiro atoms. The number of carbonyl (C=O) groups is 2. The van der Waals surface area contributed by atoms with Crippen molar-refractivity contribution in [1.82, 2.24) is 14.7 Å². The van der Waals surface area contributed by atoms with E-state index in [-0.39, 0.29) is 18.4 Å². The molecule has 0 aromatic heterocycles. The monoisotopic (exact) mass is 620 g/mol. The first-order valence-electron chi connectivity index (χ1n) is 14.3. The largest absolute Gasteiger partial charge is 0.399 e. The fraction of sp³-hybridized carbons (Fsp3) is 0.516. The molecule has 0 aliphatic carbocycles. The number of oxime groups is 1. The van der Waals surface area contributed by atoms with E-state index in [4.69, 9.17) is 39.6 Å². The molecule has 2 heterocycles. The fourth-order valence-electron chi connectivity index (χ4n) is 5.95. The van der Waals surface area contributed by atoms with E-state index >= 15 is 0 Å². The first kappa shape index (κ1) is 31.6. The molecule has 2 aromatic rings. The molecule has 10 heteroatoms. The van der Waals surface area contributed by atoms with Gasteiger partial charge in [0.1, 0.15) is 7.11 Å². The SMILES string of the molecule is CO/N=C(\CN(C)C(=O)c1cc(C)cc(Cl)c1)C(CCN1CCC(N2CCCCC2=O)CC1)c1ccc(Cl)c(Cl)c1. The minimum atomic E-state index is -0.151. The lowest BCUT2D eigenvalue weighted by Gasteiger charge is -2.40. The molecule has 0 radical (unpaired) electrons. The van der Waals surface area contributed by atoms with Crippen molar-refractivity contribution < 1.29 is 14.4 Å². The third-order valence-corrected chi connectivity index (χ3v) is 9.04. The molecule has 2 saturated heterocycles. The number of nitrogens with zero attached hydrogens (tertiary/aromatic N) is 4. The highest BCUT2D eigenvalue weighted by Gasteiger charge is 2.30. The number of piperidine rings is 2. The zero-order chi connectivity index (χ0) is 29.5. The number of carbonyl (C=O) groups excluding carboxylic acids is 2. The van der Waals surface area contributed by atoms with Crippen molar-refractivity contribution in [2.45, 2.75) is 57.4 Å². The lowest BCUT2D eigenvalue weighted by atomic mass is 9.89. The minimum Gasteiger partial charge on any atom is -0.399 e. The van der Waals surface area contributed by atoms with Crippen molar-refractivity contribution in [2.75, 3.05) is 46.9 Å². The van der Waals surface area contributed by atoms with Crippen LogP contribution < -0.4 is 0 Å². The maximum absolute atomic E-state index is 13.3. The van der Waals surface area contributed by atoms with Crippen LogP contribution in [0, 0.1) is 6.92 Å². The molecule has 0 saturated carbocycles. The topological polar surface area (TPSA) is 65.5 Å². The van der Waals surface area contributed by atoms with E-state index in [1.165, 1.54) is 7.11 Å². The van der Waals surface area contributed by atoms with Gasteiger partial charge in [-0.3, -0.25) is 9.59 Å². The molecule has 2 aliphatic heterocycles. The number of halogens is 3. The Hall–Kier alpha value is -2.32. The summed E-state index contributed by atoms with van der Waals surface area (Å²) in [6, 6.07) is 11.3. The van der Waals surface area contributed by atoms with Gasteiger partial charge in [0.25, 0.3) is 5.91 Å². The molecule has 2 amide bonds. The predicted molar refractivity (Wildman–Crippen MR) is 166 cm³/mol. The number of benzene rings is 2. The number of likely N-dealkylation sites (tertiary alicyclic amines) is 2. The van der Waals surface area contributed by atoms with Crippen LogP contribution in [-0.2, 0) is 9.63 Å². The summed E-state index contributed by atoms with van der Waals surface area (Å²) >= 11 is 18.9. The van der Waals surface area contributed by atoms with Crippen LogP contribution in [0.25, 0.3) is 0 Å². The molecule has 7 nitrogen and oxygen atoms in total. The van der Waals surface area contributed by atoms with E-state index in [1.54, 1.807) is 24.1 Å². The van der Waals surface area contributed by atoms with Crippen LogP contribution in [0.1, 0.15) is 65.9 Å². The highest BCUT2D eigenvalue weighted by Crippen LogP contribution is 2.31. The van der Waals surface area contributed by atoms with Crippen LogP contribution in [0.3, 0.4) is 0 Å². The van der Waals surface area contributed by atoms with E-state index in [0.29, 0.717) is 44.7 Å². The van der Waals surface area contributed by atoms with Crippen LogP contribution in [-0.4, -0.2) is 85.1 Å². The summed E-state index contributed by atoms with van der Waals surface area (Å²) in [6.45, 7) is 5.77. The van der Waals surface area contributed by atoms with Gasteiger partial charge in [0.2, 0.25) is 5.91 Å². The Morgan fingerprint density at radius 1 is 1.07 bits per heavy atom. The minimum absolute atomic E-state index is 0.151. The molecule has 1 atom stereocenters. The average Bonchev–Trinajstić information content (AvgIpc) is 2.94. The number of amides is 2. The van der Waals surface area contributed by atoms with Crippen molar-refractivity contribution in [3.05, 3.63) is 68.2 Å². The first-order valence-corrected chi connectivity index (χ1v) is 15.4. The maximum Gasteiger partial charge on any atom is 0.253 e. The van der Waals surface area contributed by atoms with E-state index in [9.17, 15) is 9.59 Å². The fourth-order valence-corrected chi connectivity index (χ4v) is 6.55. The van der Waals surface area contributed by atoms with Gasteiger partial charge >= 0.3 is 0 Å². The highest BCUT2D eigenvalue weighted by molar-refractivity contribution is 6.42. The summed E-state index contributed by atoms with van der Waals surface area (Å²) in [5.41, 5.74) is 3.12. The van der Waals surface area contributed by atoms with Gasteiger partial charge in [0, 0.05) is 55.6 Å². The highest BCUT2D eigenvalue weighted by atomic mass is 35.5. The van der Waals surface area contributed by atoms with E-state index in [2.05, 4.69) is 15.0 Å². The number of hydrogen-bond acceptors (Lipinski definition) is 5. The summed E-state index contributed by atoms with van der Waals surface area (Å²) in [6.07, 6.45) is 5.52. The third kappa shape index (κ3) is 8.38. The molecule has 1 unspecified atom stereocenters. The molecule has 0 bridgehead atoms. The molecule has 4 rings (SSSR count). The van der Waals surface area contributed by atoms with Gasteiger partial charge in [-0.05, 0) is 87.0 Å². The third-order valence-electron chi connectivity index (χ3n) is 8.08. The first-order chi connectivity index (χ1) is 19.7. The Bertz CT molecular complexity index is 1240. The Morgan fingerprint density at radius 3 is 2.49 bits per heavy atom.